The van der Waals surface area contributed by atoms with Crippen molar-refractivity contribution in [2.24, 2.45) is 0 Å². The molecule has 1 aromatic heterocycles. The van der Waals surface area contributed by atoms with Crippen molar-refractivity contribution >= 4 is 30.4 Å². The topological polar surface area (TPSA) is 36.2 Å². The normalized spacial score (nSPS) is 10.6. The number of hydrogen-bond donors (Lipinski definition) is 0. The molecule has 1 rings (SSSR count). The van der Waals surface area contributed by atoms with E-state index >= 15 is 0 Å². The molecule has 128 valence electrons. The number of halogens is 1. The van der Waals surface area contributed by atoms with Crippen LogP contribution in [-0.4, -0.2) is 21.7 Å². The summed E-state index contributed by atoms with van der Waals surface area (Å²) in [5.74, 6) is -0.766. The van der Waals surface area contributed by atoms with Gasteiger partial charge < -0.3 is 13.9 Å². The molecule has 4 nitrogen and oxygen atoms in total. The van der Waals surface area contributed by atoms with E-state index in [4.69, 9.17) is 29.2 Å². The van der Waals surface area contributed by atoms with E-state index in [2.05, 4.69) is 6.58 Å². The average Bonchev–Trinajstić information content (AvgIpc) is 2.52. The fourth-order valence-electron chi connectivity index (χ4n) is 2.06. The zero-order valence-corrected chi connectivity index (χ0v) is 15.3. The molecule has 0 spiro atoms. The number of esters is 1. The lowest BCUT2D eigenvalue weighted by molar-refractivity contribution is -0.139. The van der Waals surface area contributed by atoms with Crippen LogP contribution in [0.3, 0.4) is 0 Å². The van der Waals surface area contributed by atoms with Crippen LogP contribution >= 0.6 is 24.4 Å². The number of carbonyl (C=O) groups excluding carboxylic acids is 1. The van der Waals surface area contributed by atoms with Gasteiger partial charge in [0.1, 0.15) is 4.64 Å². The van der Waals surface area contributed by atoms with E-state index in [1.54, 1.807) is 16.1 Å². The molecule has 1 aromatic rings. The average molecular weight is 359 g/mol. The molecular weight excluding hydrogens is 335 g/mol. The third-order valence-electron chi connectivity index (χ3n) is 3.39. The Bertz CT molecular complexity index is 680. The summed E-state index contributed by atoms with van der Waals surface area (Å²) in [6.45, 7) is 8.67. The third-order valence-corrected chi connectivity index (χ3v) is 4.26. The second-order valence-electron chi connectivity index (χ2n) is 5.33. The lowest BCUT2D eigenvalue weighted by Crippen LogP contribution is -2.12. The van der Waals surface area contributed by atoms with Crippen LogP contribution in [0, 0.1) is 15.2 Å². The highest BCUT2D eigenvalue weighted by molar-refractivity contribution is 7.72. The number of aryl methyl sites for hydroxylation is 1. The van der Waals surface area contributed by atoms with E-state index in [1.165, 1.54) is 6.20 Å². The SMILES string of the molecule is C=C(C)C(=O)OCCCCCCn1c(=S)c(F)cn(CC)c1=S. The molecule has 0 aromatic carbocycles. The summed E-state index contributed by atoms with van der Waals surface area (Å²) in [7, 11) is 0. The first-order chi connectivity index (χ1) is 10.9. The van der Waals surface area contributed by atoms with E-state index in [-0.39, 0.29) is 10.6 Å². The van der Waals surface area contributed by atoms with Crippen molar-refractivity contribution in [3.63, 3.8) is 0 Å². The van der Waals surface area contributed by atoms with Crippen molar-refractivity contribution in [3.05, 3.63) is 33.6 Å². The predicted molar refractivity (Wildman–Crippen MR) is 94.0 cm³/mol. The Morgan fingerprint density at radius 2 is 1.96 bits per heavy atom. The van der Waals surface area contributed by atoms with Gasteiger partial charge in [-0.3, -0.25) is 0 Å². The maximum absolute atomic E-state index is 13.8. The van der Waals surface area contributed by atoms with Gasteiger partial charge in [0.15, 0.2) is 10.6 Å². The van der Waals surface area contributed by atoms with Gasteiger partial charge in [-0.1, -0.05) is 25.2 Å². The summed E-state index contributed by atoms with van der Waals surface area (Å²) in [6, 6.07) is 0. The Labute approximate surface area is 146 Å². The molecule has 1 heterocycles. The molecular formula is C16H23FN2O2S2. The first kappa shape index (κ1) is 19.7. The second-order valence-corrected chi connectivity index (χ2v) is 6.08. The number of carbonyl (C=O) groups is 1. The summed E-state index contributed by atoms with van der Waals surface area (Å²) in [5, 5.41) is 0. The van der Waals surface area contributed by atoms with E-state index in [1.807, 2.05) is 6.92 Å². The summed E-state index contributed by atoms with van der Waals surface area (Å²) >= 11 is 10.4. The zero-order valence-electron chi connectivity index (χ0n) is 13.6. The van der Waals surface area contributed by atoms with E-state index < -0.39 is 5.82 Å². The van der Waals surface area contributed by atoms with Crippen molar-refractivity contribution in [3.8, 4) is 0 Å². The van der Waals surface area contributed by atoms with Gasteiger partial charge in [-0.2, -0.15) is 0 Å². The van der Waals surface area contributed by atoms with Gasteiger partial charge in [-0.15, -0.1) is 0 Å². The minimum Gasteiger partial charge on any atom is -0.462 e. The molecule has 0 radical (unpaired) electrons. The molecule has 23 heavy (non-hydrogen) atoms. The highest BCUT2D eigenvalue weighted by Crippen LogP contribution is 2.09. The standard InChI is InChI=1S/C16H23FN2O2S2/c1-4-18-11-13(17)14(22)19(16(18)23)9-7-5-6-8-10-21-15(20)12(2)3/h11H,2,4-10H2,1,3H3. The summed E-state index contributed by atoms with van der Waals surface area (Å²) < 4.78 is 22.9. The van der Waals surface area contributed by atoms with Crippen molar-refractivity contribution in [2.75, 3.05) is 6.61 Å². The number of nitrogens with zero attached hydrogens (tertiary/aromatic N) is 2. The van der Waals surface area contributed by atoms with Crippen LogP contribution in [0.2, 0.25) is 0 Å². The number of unbranched alkanes of at least 4 members (excludes halogenated alkanes) is 3. The number of rotatable bonds is 9. The van der Waals surface area contributed by atoms with Crippen molar-refractivity contribution in [1.82, 2.24) is 9.13 Å². The molecule has 0 saturated heterocycles. The zero-order chi connectivity index (χ0) is 17.4. The molecule has 0 amide bonds. The fourth-order valence-corrected chi connectivity index (χ4v) is 2.71. The van der Waals surface area contributed by atoms with Crippen molar-refractivity contribution in [2.45, 2.75) is 52.6 Å². The van der Waals surface area contributed by atoms with Gasteiger partial charge in [0.05, 0.1) is 6.61 Å². The Kier molecular flexibility index (Phi) is 8.33. The monoisotopic (exact) mass is 358 g/mol. The van der Waals surface area contributed by atoms with Crippen molar-refractivity contribution in [1.29, 1.82) is 0 Å². The Hall–Kier alpha value is -1.34. The quantitative estimate of drug-likeness (QED) is 0.280. The molecule has 7 heteroatoms. The smallest absolute Gasteiger partial charge is 0.333 e. The Balaban J connectivity index is 2.41. The summed E-state index contributed by atoms with van der Waals surface area (Å²) in [6.07, 6.45) is 4.86. The van der Waals surface area contributed by atoms with Gasteiger partial charge in [-0.05, 0) is 45.3 Å². The first-order valence-corrected chi connectivity index (χ1v) is 8.52. The molecule has 0 fully saturated rings. The predicted octanol–water partition coefficient (Wildman–Crippen LogP) is 4.59. The molecule has 0 aliphatic carbocycles. The molecule has 0 bridgehead atoms. The number of hydrogen-bond acceptors (Lipinski definition) is 4. The van der Waals surface area contributed by atoms with Gasteiger partial charge >= 0.3 is 5.97 Å². The molecule has 0 aliphatic heterocycles. The van der Waals surface area contributed by atoms with Crippen LogP contribution in [0.15, 0.2) is 18.3 Å². The minimum absolute atomic E-state index is 0.162. The second kappa shape index (κ2) is 9.72. The van der Waals surface area contributed by atoms with Gasteiger partial charge in [0.25, 0.3) is 0 Å². The fraction of sp³-hybridized carbons (Fsp3) is 0.562. The van der Waals surface area contributed by atoms with E-state index in [9.17, 15) is 9.18 Å². The van der Waals surface area contributed by atoms with Crippen LogP contribution in [0.4, 0.5) is 4.39 Å². The van der Waals surface area contributed by atoms with Crippen LogP contribution in [-0.2, 0) is 22.6 Å². The summed E-state index contributed by atoms with van der Waals surface area (Å²) in [5.41, 5.74) is 0.410. The van der Waals surface area contributed by atoms with Gasteiger partial charge in [0.2, 0.25) is 0 Å². The first-order valence-electron chi connectivity index (χ1n) is 7.70. The van der Waals surface area contributed by atoms with E-state index in [0.29, 0.717) is 30.0 Å². The highest BCUT2D eigenvalue weighted by Gasteiger charge is 2.05. The molecule has 0 unspecified atom stereocenters. The largest absolute Gasteiger partial charge is 0.462 e. The molecule has 0 aliphatic rings. The minimum atomic E-state index is -0.415. The Morgan fingerprint density at radius 3 is 2.57 bits per heavy atom. The lowest BCUT2D eigenvalue weighted by Gasteiger charge is -2.12. The van der Waals surface area contributed by atoms with Gasteiger partial charge in [0, 0.05) is 24.9 Å². The van der Waals surface area contributed by atoms with Crippen LogP contribution in [0.25, 0.3) is 0 Å². The van der Waals surface area contributed by atoms with Crippen molar-refractivity contribution < 1.29 is 13.9 Å². The maximum atomic E-state index is 13.8. The number of aromatic nitrogens is 2. The molecule has 0 saturated carbocycles. The maximum Gasteiger partial charge on any atom is 0.333 e. The van der Waals surface area contributed by atoms with Crippen LogP contribution in [0.5, 0.6) is 0 Å². The van der Waals surface area contributed by atoms with Crippen LogP contribution in [0.1, 0.15) is 39.5 Å². The highest BCUT2D eigenvalue weighted by atomic mass is 32.1. The molecule has 0 atom stereocenters. The van der Waals surface area contributed by atoms with E-state index in [0.717, 1.165) is 25.7 Å². The lowest BCUT2D eigenvalue weighted by atomic mass is 10.2. The third kappa shape index (κ3) is 5.99. The van der Waals surface area contributed by atoms with Crippen LogP contribution < -0.4 is 0 Å². The van der Waals surface area contributed by atoms with Gasteiger partial charge in [-0.25, -0.2) is 9.18 Å². The Morgan fingerprint density at radius 1 is 1.30 bits per heavy atom. The molecule has 0 N–H and O–H groups in total. The number of ether oxygens (including phenoxy) is 1. The summed E-state index contributed by atoms with van der Waals surface area (Å²) in [4.78, 5) is 11.2.